The fraction of sp³-hybridized carbons (Fsp3) is 0.209. The van der Waals surface area contributed by atoms with Crippen LogP contribution in [0.4, 0.5) is 17.1 Å². The van der Waals surface area contributed by atoms with Crippen LogP contribution in [0, 0.1) is 0 Å². The standard InChI is InChI=1S/C43H39NSi/c1-42(2)25-26-43(3,4)40-34(42)19-12-20-36(40)44-35-24-23-29(31-17-10-14-28-13-6-7-15-30(28)31)27-39(35)45(5)38-22-9-8-16-32(38)33-18-11-21-37(44)41(33)45/h6-24,27H,25-26H2,1-5H3. The van der Waals surface area contributed by atoms with Crippen molar-refractivity contribution in [1.82, 2.24) is 0 Å². The highest BCUT2D eigenvalue weighted by Crippen LogP contribution is 2.53. The smallest absolute Gasteiger partial charge is 0.152 e. The summed E-state index contributed by atoms with van der Waals surface area (Å²) < 4.78 is 0. The first-order valence-corrected chi connectivity index (χ1v) is 19.0. The third-order valence-electron chi connectivity index (χ3n) is 11.5. The predicted octanol–water partition coefficient (Wildman–Crippen LogP) is 9.72. The quantitative estimate of drug-likeness (QED) is 0.180. The summed E-state index contributed by atoms with van der Waals surface area (Å²) in [7, 11) is -2.33. The van der Waals surface area contributed by atoms with Gasteiger partial charge >= 0.3 is 0 Å². The molecule has 6 aromatic carbocycles. The number of fused-ring (bicyclic) bond motifs is 7. The molecule has 2 aliphatic heterocycles. The molecule has 2 heterocycles. The maximum Gasteiger partial charge on any atom is 0.152 e. The third kappa shape index (κ3) is 3.55. The van der Waals surface area contributed by atoms with E-state index in [9.17, 15) is 0 Å². The van der Waals surface area contributed by atoms with E-state index in [1.54, 1.807) is 10.4 Å². The highest BCUT2D eigenvalue weighted by molar-refractivity contribution is 7.15. The molecule has 0 bridgehead atoms. The summed E-state index contributed by atoms with van der Waals surface area (Å²) in [4.78, 5) is 2.66. The van der Waals surface area contributed by atoms with Crippen molar-refractivity contribution in [2.45, 2.75) is 57.9 Å². The molecule has 1 aliphatic carbocycles. The molecule has 9 rings (SSSR count). The van der Waals surface area contributed by atoms with E-state index in [0.717, 1.165) is 0 Å². The minimum Gasteiger partial charge on any atom is -0.310 e. The Bertz CT molecular complexity index is 2200. The third-order valence-corrected chi connectivity index (χ3v) is 16.0. The molecule has 0 spiro atoms. The Hall–Kier alpha value is -4.40. The molecule has 45 heavy (non-hydrogen) atoms. The van der Waals surface area contributed by atoms with Gasteiger partial charge < -0.3 is 4.90 Å². The molecule has 0 aromatic heterocycles. The predicted molar refractivity (Wildman–Crippen MR) is 195 cm³/mol. The first-order valence-electron chi connectivity index (χ1n) is 16.5. The Kier molecular flexibility index (Phi) is 5.44. The van der Waals surface area contributed by atoms with Gasteiger partial charge in [0.05, 0.1) is 5.69 Å². The van der Waals surface area contributed by atoms with Crippen molar-refractivity contribution in [2.24, 2.45) is 0 Å². The maximum absolute atomic E-state index is 2.66. The van der Waals surface area contributed by atoms with E-state index in [-0.39, 0.29) is 10.8 Å². The number of hydrogen-bond acceptors (Lipinski definition) is 1. The van der Waals surface area contributed by atoms with Gasteiger partial charge in [0.1, 0.15) is 0 Å². The molecule has 0 saturated heterocycles. The topological polar surface area (TPSA) is 3.24 Å². The maximum atomic E-state index is 2.66. The molecule has 220 valence electrons. The van der Waals surface area contributed by atoms with Gasteiger partial charge in [-0.1, -0.05) is 137 Å². The van der Waals surface area contributed by atoms with E-state index in [1.807, 2.05) is 0 Å². The van der Waals surface area contributed by atoms with Gasteiger partial charge in [0.15, 0.2) is 8.07 Å². The van der Waals surface area contributed by atoms with Crippen LogP contribution in [0.15, 0.2) is 121 Å². The summed E-state index contributed by atoms with van der Waals surface area (Å²) in [6, 6.07) is 46.4. The van der Waals surface area contributed by atoms with Crippen LogP contribution >= 0.6 is 0 Å². The van der Waals surface area contributed by atoms with Crippen LogP contribution in [0.2, 0.25) is 6.55 Å². The Labute approximate surface area is 268 Å². The van der Waals surface area contributed by atoms with Crippen molar-refractivity contribution in [3.05, 3.63) is 132 Å². The second kappa shape index (κ2) is 9.08. The number of hydrogen-bond donors (Lipinski definition) is 0. The first kappa shape index (κ1) is 27.0. The molecule has 2 heteroatoms. The van der Waals surface area contributed by atoms with Crippen molar-refractivity contribution >= 4 is 51.5 Å². The van der Waals surface area contributed by atoms with Crippen LogP contribution in [-0.4, -0.2) is 8.07 Å². The zero-order valence-corrected chi connectivity index (χ0v) is 27.9. The van der Waals surface area contributed by atoms with Gasteiger partial charge in [-0.25, -0.2) is 0 Å². The van der Waals surface area contributed by atoms with E-state index >= 15 is 0 Å². The molecule has 6 aromatic rings. The average molecular weight is 598 g/mol. The molecular formula is C43H39NSi. The van der Waals surface area contributed by atoms with Gasteiger partial charge in [-0.2, -0.15) is 0 Å². The van der Waals surface area contributed by atoms with Gasteiger partial charge in [0, 0.05) is 11.4 Å². The lowest BCUT2D eigenvalue weighted by Gasteiger charge is -2.47. The van der Waals surface area contributed by atoms with Crippen molar-refractivity contribution in [3.8, 4) is 22.3 Å². The van der Waals surface area contributed by atoms with E-state index in [0.29, 0.717) is 0 Å². The largest absolute Gasteiger partial charge is 0.310 e. The second-order valence-corrected chi connectivity index (χ2v) is 18.8. The van der Waals surface area contributed by atoms with Crippen molar-refractivity contribution in [3.63, 3.8) is 0 Å². The van der Waals surface area contributed by atoms with Crippen LogP contribution in [0.3, 0.4) is 0 Å². The lowest BCUT2D eigenvalue weighted by atomic mass is 9.62. The zero-order valence-electron chi connectivity index (χ0n) is 26.9. The van der Waals surface area contributed by atoms with Crippen molar-refractivity contribution < 1.29 is 0 Å². The highest BCUT2D eigenvalue weighted by Gasteiger charge is 2.51. The molecule has 0 saturated carbocycles. The summed E-state index contributed by atoms with van der Waals surface area (Å²) in [6.45, 7) is 12.4. The van der Waals surface area contributed by atoms with Gasteiger partial charge in [0.25, 0.3) is 0 Å². The molecular weight excluding hydrogens is 559 g/mol. The monoisotopic (exact) mass is 597 g/mol. The Morgan fingerprint density at radius 2 is 1.22 bits per heavy atom. The van der Waals surface area contributed by atoms with Gasteiger partial charge in [-0.05, 0) is 102 Å². The second-order valence-electron chi connectivity index (χ2n) is 14.9. The zero-order chi connectivity index (χ0) is 30.7. The lowest BCUT2D eigenvalue weighted by Crippen LogP contribution is -2.66. The molecule has 0 radical (unpaired) electrons. The lowest BCUT2D eigenvalue weighted by molar-refractivity contribution is 0.332. The molecule has 1 nitrogen and oxygen atoms in total. The van der Waals surface area contributed by atoms with Gasteiger partial charge in [-0.15, -0.1) is 0 Å². The Morgan fingerprint density at radius 1 is 0.556 bits per heavy atom. The van der Waals surface area contributed by atoms with E-state index in [1.165, 1.54) is 79.2 Å². The molecule has 0 N–H and O–H groups in total. The summed E-state index contributed by atoms with van der Waals surface area (Å²) in [6.07, 6.45) is 2.40. The molecule has 0 amide bonds. The van der Waals surface area contributed by atoms with Gasteiger partial charge in [0.2, 0.25) is 0 Å². The van der Waals surface area contributed by atoms with E-state index in [4.69, 9.17) is 0 Å². The van der Waals surface area contributed by atoms with Gasteiger partial charge in [-0.3, -0.25) is 0 Å². The van der Waals surface area contributed by atoms with Crippen LogP contribution in [0.5, 0.6) is 0 Å². The summed E-state index contributed by atoms with van der Waals surface area (Å²) in [5.74, 6) is 0. The molecule has 0 fully saturated rings. The number of benzene rings is 6. The number of anilines is 3. The normalized spacial score (nSPS) is 19.9. The summed E-state index contributed by atoms with van der Waals surface area (Å²) >= 11 is 0. The van der Waals surface area contributed by atoms with E-state index in [2.05, 4.69) is 160 Å². The van der Waals surface area contributed by atoms with Crippen molar-refractivity contribution in [2.75, 3.05) is 4.90 Å². The fourth-order valence-corrected chi connectivity index (χ4v) is 13.7. The summed E-state index contributed by atoms with van der Waals surface area (Å²) in [5, 5.41) is 7.23. The fourth-order valence-electron chi connectivity index (χ4n) is 9.10. The number of nitrogens with zero attached hydrogens (tertiary/aromatic N) is 1. The van der Waals surface area contributed by atoms with Crippen molar-refractivity contribution in [1.29, 1.82) is 0 Å². The van der Waals surface area contributed by atoms with E-state index < -0.39 is 8.07 Å². The molecule has 3 aliphatic rings. The number of rotatable bonds is 2. The minimum atomic E-state index is -2.33. The Morgan fingerprint density at radius 3 is 2.11 bits per heavy atom. The van der Waals surface area contributed by atoms with Crippen LogP contribution < -0.4 is 20.5 Å². The molecule has 1 unspecified atom stereocenters. The first-order chi connectivity index (χ1) is 21.7. The average Bonchev–Trinajstić information content (AvgIpc) is 3.33. The Balaban J connectivity index is 1.39. The van der Waals surface area contributed by atoms with Crippen LogP contribution in [-0.2, 0) is 10.8 Å². The minimum absolute atomic E-state index is 0.0869. The molecule has 1 atom stereocenters. The highest BCUT2D eigenvalue weighted by atomic mass is 28.3. The summed E-state index contributed by atoms with van der Waals surface area (Å²) in [5.41, 5.74) is 12.8. The van der Waals surface area contributed by atoms with Crippen LogP contribution in [0.1, 0.15) is 51.7 Å². The van der Waals surface area contributed by atoms with Crippen LogP contribution in [0.25, 0.3) is 33.0 Å². The SMILES string of the molecule is CC1(C)CCC(C)(C)c2c(N3c4ccc(-c5cccc6ccccc56)cc4[Si]4(C)c5ccccc5-c5cccc3c54)cccc21.